The number of amides is 2. The molecule has 3 heterocycles. The van der Waals surface area contributed by atoms with E-state index in [9.17, 15) is 18.0 Å². The van der Waals surface area contributed by atoms with Gasteiger partial charge in [-0.15, -0.1) is 0 Å². The number of carbonyl (C=O) groups excluding carboxylic acids is 2. The Morgan fingerprint density at radius 1 is 1.29 bits per heavy atom. The molecule has 2 fully saturated rings. The zero-order valence-corrected chi connectivity index (χ0v) is 16.1. The molecule has 1 aromatic rings. The molecule has 10 heteroatoms. The first-order valence-electron chi connectivity index (χ1n) is 9.21. The molecule has 152 valence electrons. The number of likely N-dealkylation sites (tertiary alicyclic amines) is 1. The first-order valence-corrected chi connectivity index (χ1v) is 11.0. The maximum Gasteiger partial charge on any atom is 0.231 e. The number of carbonyl (C=O) groups is 2. The van der Waals surface area contributed by atoms with E-state index in [1.165, 1.54) is 0 Å². The molecular weight excluding hydrogens is 388 g/mol. The molecule has 1 aromatic carbocycles. The smallest absolute Gasteiger partial charge is 0.231 e. The molecule has 0 saturated carbocycles. The fourth-order valence-electron chi connectivity index (χ4n) is 3.74. The van der Waals surface area contributed by atoms with Crippen molar-refractivity contribution in [1.29, 1.82) is 0 Å². The minimum absolute atomic E-state index is 0.00352. The predicted octanol–water partition coefficient (Wildman–Crippen LogP) is -0.0541. The Bertz CT molecular complexity index is 886. The van der Waals surface area contributed by atoms with E-state index in [0.29, 0.717) is 30.2 Å². The van der Waals surface area contributed by atoms with Crippen molar-refractivity contribution in [3.8, 4) is 17.2 Å². The number of fused-ring (bicyclic) bond motifs is 1. The third-order valence-corrected chi connectivity index (χ3v) is 6.94. The van der Waals surface area contributed by atoms with Crippen LogP contribution < -0.4 is 19.5 Å². The van der Waals surface area contributed by atoms with E-state index in [4.69, 9.17) is 14.2 Å². The SMILES string of the molecule is O=C(NCCOc1ccc2c(c1)OCO2)[C@H]1CC(=O)N([C@@H]2CCS(=O)(=O)C2)C1. The van der Waals surface area contributed by atoms with Gasteiger partial charge in [-0.3, -0.25) is 9.59 Å². The Balaban J connectivity index is 1.22. The molecular formula is C18H22N2O7S. The molecule has 0 unspecified atom stereocenters. The normalized spacial score (nSPS) is 25.1. The molecule has 28 heavy (non-hydrogen) atoms. The quantitative estimate of drug-likeness (QED) is 0.655. The number of nitrogens with one attached hydrogen (secondary N) is 1. The van der Waals surface area contributed by atoms with E-state index >= 15 is 0 Å². The van der Waals surface area contributed by atoms with Gasteiger partial charge in [-0.05, 0) is 18.6 Å². The second-order valence-corrected chi connectivity index (χ2v) is 9.39. The van der Waals surface area contributed by atoms with Gasteiger partial charge in [0.05, 0.1) is 24.0 Å². The van der Waals surface area contributed by atoms with Crippen molar-refractivity contribution in [1.82, 2.24) is 10.2 Å². The Hall–Kier alpha value is -2.49. The summed E-state index contributed by atoms with van der Waals surface area (Å²) in [5.74, 6) is 1.19. The standard InChI is InChI=1S/C18H22N2O7S/c21-17-7-12(9-20(17)13-3-6-28(23,24)10-13)18(22)19-4-5-25-14-1-2-15-16(8-14)27-11-26-15/h1-2,8,12-13H,3-7,9-11H2,(H,19,22)/t12-,13+/m0/s1. The van der Waals surface area contributed by atoms with E-state index < -0.39 is 15.8 Å². The van der Waals surface area contributed by atoms with Crippen molar-refractivity contribution in [2.75, 3.05) is 38.0 Å². The molecule has 0 spiro atoms. The second-order valence-electron chi connectivity index (χ2n) is 7.16. The highest BCUT2D eigenvalue weighted by Crippen LogP contribution is 2.35. The summed E-state index contributed by atoms with van der Waals surface area (Å²) in [6, 6.07) is 4.95. The van der Waals surface area contributed by atoms with Gasteiger partial charge in [0, 0.05) is 25.1 Å². The Morgan fingerprint density at radius 2 is 2.11 bits per heavy atom. The summed E-state index contributed by atoms with van der Waals surface area (Å²) < 4.78 is 39.4. The first kappa shape index (κ1) is 18.9. The number of benzene rings is 1. The molecule has 2 saturated heterocycles. The molecule has 4 rings (SSSR count). The summed E-state index contributed by atoms with van der Waals surface area (Å²) in [6.45, 7) is 1.04. The zero-order chi connectivity index (χ0) is 19.7. The van der Waals surface area contributed by atoms with Crippen LogP contribution in [0, 0.1) is 5.92 Å². The minimum atomic E-state index is -3.07. The first-order chi connectivity index (χ1) is 13.4. The van der Waals surface area contributed by atoms with Crippen LogP contribution in [0.25, 0.3) is 0 Å². The van der Waals surface area contributed by atoms with Crippen LogP contribution >= 0.6 is 0 Å². The van der Waals surface area contributed by atoms with E-state index in [0.717, 1.165) is 0 Å². The molecule has 2 atom stereocenters. The van der Waals surface area contributed by atoms with Crippen molar-refractivity contribution in [3.05, 3.63) is 18.2 Å². The monoisotopic (exact) mass is 410 g/mol. The van der Waals surface area contributed by atoms with Gasteiger partial charge >= 0.3 is 0 Å². The molecule has 9 nitrogen and oxygen atoms in total. The van der Waals surface area contributed by atoms with Gasteiger partial charge in [0.25, 0.3) is 0 Å². The van der Waals surface area contributed by atoms with Crippen molar-refractivity contribution >= 4 is 21.7 Å². The van der Waals surface area contributed by atoms with Crippen LogP contribution in [0.3, 0.4) is 0 Å². The number of ether oxygens (including phenoxy) is 3. The lowest BCUT2D eigenvalue weighted by atomic mass is 10.1. The average Bonchev–Trinajstić information content (AvgIpc) is 3.36. The zero-order valence-electron chi connectivity index (χ0n) is 15.3. The molecule has 0 aromatic heterocycles. The highest BCUT2D eigenvalue weighted by Gasteiger charge is 2.41. The highest BCUT2D eigenvalue weighted by atomic mass is 32.2. The number of sulfone groups is 1. The van der Waals surface area contributed by atoms with Crippen LogP contribution in [-0.2, 0) is 19.4 Å². The van der Waals surface area contributed by atoms with Gasteiger partial charge in [-0.2, -0.15) is 0 Å². The van der Waals surface area contributed by atoms with Crippen molar-refractivity contribution in [2.24, 2.45) is 5.92 Å². The van der Waals surface area contributed by atoms with Crippen LogP contribution in [-0.4, -0.2) is 69.2 Å². The summed E-state index contributed by atoms with van der Waals surface area (Å²) >= 11 is 0. The van der Waals surface area contributed by atoms with Crippen LogP contribution in [0.4, 0.5) is 0 Å². The van der Waals surface area contributed by atoms with Crippen molar-refractivity contribution in [2.45, 2.75) is 18.9 Å². The van der Waals surface area contributed by atoms with Gasteiger partial charge in [-0.25, -0.2) is 8.42 Å². The van der Waals surface area contributed by atoms with Gasteiger partial charge < -0.3 is 24.4 Å². The van der Waals surface area contributed by atoms with Gasteiger partial charge in [0.15, 0.2) is 21.3 Å². The minimum Gasteiger partial charge on any atom is -0.492 e. The number of hydrogen-bond acceptors (Lipinski definition) is 7. The van der Waals surface area contributed by atoms with Crippen LogP contribution in [0.2, 0.25) is 0 Å². The molecule has 1 N–H and O–H groups in total. The van der Waals surface area contributed by atoms with Crippen LogP contribution in [0.1, 0.15) is 12.8 Å². The topological polar surface area (TPSA) is 111 Å². The Labute approximate surface area is 162 Å². The summed E-state index contributed by atoms with van der Waals surface area (Å²) in [4.78, 5) is 26.1. The van der Waals surface area contributed by atoms with Crippen molar-refractivity contribution in [3.63, 3.8) is 0 Å². The molecule has 0 radical (unpaired) electrons. The van der Waals surface area contributed by atoms with Crippen molar-refractivity contribution < 1.29 is 32.2 Å². The summed E-state index contributed by atoms with van der Waals surface area (Å²) in [5, 5.41) is 2.78. The number of hydrogen-bond donors (Lipinski definition) is 1. The average molecular weight is 410 g/mol. The molecule has 0 bridgehead atoms. The van der Waals surface area contributed by atoms with E-state index in [1.807, 2.05) is 0 Å². The Morgan fingerprint density at radius 3 is 2.89 bits per heavy atom. The maximum absolute atomic E-state index is 12.3. The molecule has 3 aliphatic rings. The third kappa shape index (κ3) is 4.01. The lowest BCUT2D eigenvalue weighted by Gasteiger charge is -2.22. The van der Waals surface area contributed by atoms with Crippen LogP contribution in [0.15, 0.2) is 18.2 Å². The fraction of sp³-hybridized carbons (Fsp3) is 0.556. The third-order valence-electron chi connectivity index (χ3n) is 5.19. The fourth-order valence-corrected chi connectivity index (χ4v) is 5.47. The molecule has 0 aliphatic carbocycles. The number of nitrogens with zero attached hydrogens (tertiary/aromatic N) is 1. The highest BCUT2D eigenvalue weighted by molar-refractivity contribution is 7.91. The van der Waals surface area contributed by atoms with E-state index in [-0.39, 0.29) is 55.7 Å². The molecule has 2 amide bonds. The summed E-state index contributed by atoms with van der Waals surface area (Å²) in [6.07, 6.45) is 0.567. The summed E-state index contributed by atoms with van der Waals surface area (Å²) in [5.41, 5.74) is 0. The predicted molar refractivity (Wildman–Crippen MR) is 97.9 cm³/mol. The summed E-state index contributed by atoms with van der Waals surface area (Å²) in [7, 11) is -3.07. The van der Waals surface area contributed by atoms with Crippen LogP contribution in [0.5, 0.6) is 17.2 Å². The molecule has 3 aliphatic heterocycles. The lowest BCUT2D eigenvalue weighted by Crippen LogP contribution is -2.39. The lowest BCUT2D eigenvalue weighted by molar-refractivity contribution is -0.130. The largest absolute Gasteiger partial charge is 0.492 e. The van der Waals surface area contributed by atoms with Gasteiger partial charge in [0.1, 0.15) is 12.4 Å². The van der Waals surface area contributed by atoms with E-state index in [1.54, 1.807) is 23.1 Å². The van der Waals surface area contributed by atoms with E-state index in [2.05, 4.69) is 5.32 Å². The Kier molecular flexibility index (Phi) is 5.05. The van der Waals surface area contributed by atoms with Gasteiger partial charge in [0.2, 0.25) is 18.6 Å². The maximum atomic E-state index is 12.3. The van der Waals surface area contributed by atoms with Gasteiger partial charge in [-0.1, -0.05) is 0 Å². The second kappa shape index (κ2) is 7.50. The number of rotatable bonds is 6.